The average Bonchev–Trinajstić information content (AvgIpc) is 3.10. The molecule has 3 aromatic carbocycles. The molecule has 2 nitrogen and oxygen atoms in total. The van der Waals surface area contributed by atoms with Gasteiger partial charge in [-0.3, -0.25) is 0 Å². The van der Waals surface area contributed by atoms with Gasteiger partial charge in [0.05, 0.1) is 12.4 Å². The van der Waals surface area contributed by atoms with E-state index in [9.17, 15) is 0 Å². The summed E-state index contributed by atoms with van der Waals surface area (Å²) < 4.78 is 57.4. The van der Waals surface area contributed by atoms with E-state index in [1.54, 1.807) is 13.8 Å². The molecule has 0 amide bonds. The normalized spacial score (nSPS) is 20.3. The van der Waals surface area contributed by atoms with Crippen LogP contribution in [-0.4, -0.2) is 4.40 Å². The fourth-order valence-electron chi connectivity index (χ4n) is 5.59. The van der Waals surface area contributed by atoms with Crippen molar-refractivity contribution in [1.82, 2.24) is 4.40 Å². The van der Waals surface area contributed by atoms with Gasteiger partial charge in [0.15, 0.2) is 11.4 Å². The van der Waals surface area contributed by atoms with E-state index in [-0.39, 0.29) is 0 Å². The van der Waals surface area contributed by atoms with Gasteiger partial charge >= 0.3 is 0 Å². The number of rotatable bonds is 1. The van der Waals surface area contributed by atoms with Crippen LogP contribution in [0.4, 0.5) is 0 Å². The molecule has 31 heavy (non-hydrogen) atoms. The maximum atomic E-state index is 8.91. The highest BCUT2D eigenvalue weighted by Gasteiger charge is 2.52. The third-order valence-corrected chi connectivity index (χ3v) is 7.37. The first kappa shape index (κ1) is 13.3. The van der Waals surface area contributed by atoms with Crippen LogP contribution in [0.3, 0.4) is 0 Å². The van der Waals surface area contributed by atoms with Gasteiger partial charge in [0.25, 0.3) is 5.65 Å². The molecule has 6 rings (SSSR count). The number of aryl methyl sites for hydroxylation is 2. The number of imidazole rings is 1. The lowest BCUT2D eigenvalue weighted by molar-refractivity contribution is -0.632. The highest BCUT2D eigenvalue weighted by Crippen LogP contribution is 2.53. The maximum Gasteiger partial charge on any atom is 0.295 e. The summed E-state index contributed by atoms with van der Waals surface area (Å²) in [5.74, 6) is 0. The van der Waals surface area contributed by atoms with E-state index in [1.165, 1.54) is 0 Å². The van der Waals surface area contributed by atoms with Crippen molar-refractivity contribution in [2.24, 2.45) is 7.05 Å². The van der Waals surface area contributed by atoms with Crippen molar-refractivity contribution in [3.8, 4) is 11.3 Å². The Kier molecular flexibility index (Phi) is 2.48. The standard InChI is InChI=1S/C29H29N2/c1-18-12-10-15-20-21-16-11-17-22-25(21)31-26(29(4,5)28(22,2)3)24(19-13-8-7-9-14-19)30(6)27(31)23(18)20/h7-17H,1-6H3/q+1/i4D3,5D3. The van der Waals surface area contributed by atoms with Crippen LogP contribution in [0.25, 0.3) is 38.6 Å². The molecule has 0 fully saturated rings. The third kappa shape index (κ3) is 2.06. The number of aromatic nitrogens is 2. The number of para-hydroxylation sites is 1. The predicted octanol–water partition coefficient (Wildman–Crippen LogP) is 6.61. The molecule has 1 aliphatic rings. The van der Waals surface area contributed by atoms with Gasteiger partial charge in [-0.2, -0.15) is 4.40 Å². The highest BCUT2D eigenvalue weighted by molar-refractivity contribution is 6.13. The topological polar surface area (TPSA) is 8.29 Å². The number of hydrogen-bond acceptors (Lipinski definition) is 0. The molecule has 3 heterocycles. The van der Waals surface area contributed by atoms with E-state index in [2.05, 4.69) is 12.1 Å². The minimum Gasteiger partial charge on any atom is -0.225 e. The van der Waals surface area contributed by atoms with Crippen molar-refractivity contribution in [2.75, 3.05) is 0 Å². The Hall–Kier alpha value is -3.13. The van der Waals surface area contributed by atoms with Gasteiger partial charge < -0.3 is 0 Å². The van der Waals surface area contributed by atoms with E-state index in [0.717, 1.165) is 44.0 Å². The SMILES string of the molecule is [2H]C([2H])([2H])C1(C([2H])([2H])[2H])c2c(-c3ccccc3)[n+](C)c3c4c(C)cccc4c4cccc(c4n23)C1(C)C. The summed E-state index contributed by atoms with van der Waals surface area (Å²) in [6.07, 6.45) is 0. The molecule has 0 N–H and O–H groups in total. The first-order chi connectivity index (χ1) is 17.3. The van der Waals surface area contributed by atoms with Gasteiger partial charge in [-0.25, -0.2) is 4.57 Å². The average molecular weight is 412 g/mol. The molecular weight excluding hydrogens is 376 g/mol. The largest absolute Gasteiger partial charge is 0.295 e. The molecule has 5 aromatic rings. The Morgan fingerprint density at radius 1 is 0.839 bits per heavy atom. The molecule has 0 unspecified atom stereocenters. The summed E-state index contributed by atoms with van der Waals surface area (Å²) in [5, 5.41) is 3.04. The summed E-state index contributed by atoms with van der Waals surface area (Å²) in [7, 11) is 1.92. The molecular formula is C29H29N2+. The highest BCUT2D eigenvalue weighted by atomic mass is 15.1. The van der Waals surface area contributed by atoms with Crippen LogP contribution in [0.5, 0.6) is 0 Å². The number of pyridine rings is 1. The van der Waals surface area contributed by atoms with Gasteiger partial charge in [-0.1, -0.05) is 94.3 Å². The van der Waals surface area contributed by atoms with Crippen molar-refractivity contribution in [3.05, 3.63) is 83.6 Å². The van der Waals surface area contributed by atoms with E-state index in [4.69, 9.17) is 8.22 Å². The molecule has 0 spiro atoms. The molecule has 1 aliphatic heterocycles. The number of benzene rings is 3. The van der Waals surface area contributed by atoms with Gasteiger partial charge in [-0.05, 0) is 12.5 Å². The molecule has 0 atom stereocenters. The Bertz CT molecular complexity index is 1730. The van der Waals surface area contributed by atoms with Crippen LogP contribution < -0.4 is 4.57 Å². The number of hydrogen-bond donors (Lipinski definition) is 0. The number of nitrogens with zero attached hydrogens (tertiary/aromatic N) is 2. The summed E-state index contributed by atoms with van der Waals surface area (Å²) in [6.45, 7) is -0.0559. The smallest absolute Gasteiger partial charge is 0.225 e. The fraction of sp³-hybridized carbons (Fsp3) is 0.276. The lowest BCUT2D eigenvalue weighted by atomic mass is 9.60. The lowest BCUT2D eigenvalue weighted by Gasteiger charge is -2.43. The van der Waals surface area contributed by atoms with Crippen LogP contribution in [0.1, 0.15) is 52.6 Å². The fourth-order valence-corrected chi connectivity index (χ4v) is 5.59. The van der Waals surface area contributed by atoms with E-state index in [0.29, 0.717) is 11.4 Å². The molecule has 2 aromatic heterocycles. The summed E-state index contributed by atoms with van der Waals surface area (Å²) in [5.41, 5.74) is 1.75. The monoisotopic (exact) mass is 411 g/mol. The van der Waals surface area contributed by atoms with E-state index < -0.39 is 24.5 Å². The quantitative estimate of drug-likeness (QED) is 0.217. The van der Waals surface area contributed by atoms with Crippen LogP contribution in [0.15, 0.2) is 66.7 Å². The maximum absolute atomic E-state index is 8.91. The molecule has 0 saturated carbocycles. The lowest BCUT2D eigenvalue weighted by Crippen LogP contribution is -2.44. The zero-order chi connectivity index (χ0) is 26.7. The molecule has 154 valence electrons. The predicted molar refractivity (Wildman–Crippen MR) is 130 cm³/mol. The van der Waals surface area contributed by atoms with Crippen LogP contribution >= 0.6 is 0 Å². The second-order valence-electron chi connectivity index (χ2n) is 9.36. The van der Waals surface area contributed by atoms with Gasteiger partial charge in [0.1, 0.15) is 5.52 Å². The number of fused-ring (bicyclic) bond motifs is 3. The first-order valence-electron chi connectivity index (χ1n) is 13.7. The minimum absolute atomic E-state index is 0.329. The summed E-state index contributed by atoms with van der Waals surface area (Å²) in [6, 6.07) is 21.6. The van der Waals surface area contributed by atoms with Crippen LogP contribution in [0, 0.1) is 6.92 Å². The molecule has 2 heteroatoms. The van der Waals surface area contributed by atoms with Crippen molar-refractivity contribution < 1.29 is 12.8 Å². The minimum atomic E-state index is -2.84. The van der Waals surface area contributed by atoms with E-state index >= 15 is 0 Å². The van der Waals surface area contributed by atoms with Gasteiger partial charge in [0, 0.05) is 41.0 Å². The van der Waals surface area contributed by atoms with Crippen molar-refractivity contribution in [1.29, 1.82) is 0 Å². The molecule has 0 radical (unpaired) electrons. The van der Waals surface area contributed by atoms with Gasteiger partial charge in [-0.15, -0.1) is 0 Å². The van der Waals surface area contributed by atoms with E-state index in [1.807, 2.05) is 77.5 Å². The Labute approximate surface area is 192 Å². The Morgan fingerprint density at radius 2 is 1.55 bits per heavy atom. The van der Waals surface area contributed by atoms with Crippen molar-refractivity contribution in [3.63, 3.8) is 0 Å². The summed E-state index contributed by atoms with van der Waals surface area (Å²) in [4.78, 5) is 0. The van der Waals surface area contributed by atoms with Crippen molar-refractivity contribution >= 4 is 27.3 Å². The Morgan fingerprint density at radius 3 is 2.29 bits per heavy atom. The molecule has 0 saturated heterocycles. The van der Waals surface area contributed by atoms with Crippen LogP contribution in [-0.2, 0) is 17.9 Å². The zero-order valence-electron chi connectivity index (χ0n) is 24.2. The zero-order valence-corrected chi connectivity index (χ0v) is 18.2. The first-order valence-corrected chi connectivity index (χ1v) is 10.7. The molecule has 0 bridgehead atoms. The second-order valence-corrected chi connectivity index (χ2v) is 9.36. The second kappa shape index (κ2) is 5.76. The molecule has 0 aliphatic carbocycles. The third-order valence-electron chi connectivity index (χ3n) is 7.37. The Balaban J connectivity index is 2.08. The van der Waals surface area contributed by atoms with Gasteiger partial charge in [0.2, 0.25) is 0 Å². The van der Waals surface area contributed by atoms with Crippen molar-refractivity contribution in [2.45, 2.75) is 45.3 Å². The van der Waals surface area contributed by atoms with Crippen LogP contribution in [0.2, 0.25) is 0 Å². The summed E-state index contributed by atoms with van der Waals surface area (Å²) >= 11 is 0.